The van der Waals surface area contributed by atoms with Gasteiger partial charge in [-0.1, -0.05) is 0 Å². The molecule has 1 fully saturated rings. The quantitative estimate of drug-likeness (QED) is 0.545. The zero-order valence-electron chi connectivity index (χ0n) is 11.0. The Morgan fingerprint density at radius 1 is 1.00 bits per heavy atom. The van der Waals surface area contributed by atoms with Crippen molar-refractivity contribution < 1.29 is 9.59 Å². The van der Waals surface area contributed by atoms with Gasteiger partial charge in [0.05, 0.1) is 5.57 Å². The Morgan fingerprint density at radius 2 is 1.47 bits per heavy atom. The number of Topliss-reactive ketones (excluding diaryl/α,β-unsaturated/α-hetero) is 2. The molecule has 0 radical (unpaired) electrons. The maximum atomic E-state index is 11.6. The first-order valence-corrected chi connectivity index (χ1v) is 5.76. The number of carbonyl (C=O) groups is 2. The van der Waals surface area contributed by atoms with Crippen LogP contribution in [-0.2, 0) is 9.59 Å². The number of hydrogen-bond acceptors (Lipinski definition) is 4. The molecule has 0 spiro atoms. The van der Waals surface area contributed by atoms with Gasteiger partial charge in [0.2, 0.25) is 0 Å². The fourth-order valence-corrected chi connectivity index (χ4v) is 1.88. The van der Waals surface area contributed by atoms with Crippen molar-refractivity contribution in [1.82, 2.24) is 9.80 Å². The number of rotatable bonds is 3. The summed E-state index contributed by atoms with van der Waals surface area (Å²) >= 11 is 0. The first-order valence-electron chi connectivity index (χ1n) is 5.76. The third kappa shape index (κ3) is 3.44. The van der Waals surface area contributed by atoms with E-state index in [1.165, 1.54) is 0 Å². The molecule has 1 aliphatic carbocycles. The Kier molecular flexibility index (Phi) is 4.49. The molecule has 1 saturated carbocycles. The fourth-order valence-electron chi connectivity index (χ4n) is 1.88. The molecule has 0 saturated heterocycles. The maximum Gasteiger partial charge on any atom is 0.166 e. The van der Waals surface area contributed by atoms with E-state index < -0.39 is 0 Å². The fraction of sp³-hybridized carbons (Fsp3) is 0.538. The molecular weight excluding hydrogens is 216 g/mol. The van der Waals surface area contributed by atoms with E-state index in [0.717, 1.165) is 5.82 Å². The highest BCUT2D eigenvalue weighted by atomic mass is 16.1. The largest absolute Gasteiger partial charge is 0.364 e. The highest BCUT2D eigenvalue weighted by Crippen LogP contribution is 2.17. The molecule has 0 aliphatic heterocycles. The molecule has 4 nitrogen and oxygen atoms in total. The Balaban J connectivity index is 2.96. The van der Waals surface area contributed by atoms with Gasteiger partial charge in [-0.15, -0.1) is 0 Å². The summed E-state index contributed by atoms with van der Waals surface area (Å²) < 4.78 is 0. The van der Waals surface area contributed by atoms with Crippen molar-refractivity contribution in [3.8, 4) is 0 Å². The van der Waals surface area contributed by atoms with Crippen LogP contribution >= 0.6 is 0 Å². The second-order valence-corrected chi connectivity index (χ2v) is 4.59. The van der Waals surface area contributed by atoms with Crippen molar-refractivity contribution in [3.05, 3.63) is 23.5 Å². The highest BCUT2D eigenvalue weighted by Gasteiger charge is 2.22. The molecule has 0 heterocycles. The summed E-state index contributed by atoms with van der Waals surface area (Å²) in [5.74, 6) is 0.882. The summed E-state index contributed by atoms with van der Waals surface area (Å²) in [5, 5.41) is 0. The molecule has 0 bridgehead atoms. The van der Waals surface area contributed by atoms with Gasteiger partial charge in [0, 0.05) is 41.0 Å². The van der Waals surface area contributed by atoms with E-state index >= 15 is 0 Å². The molecule has 1 rings (SSSR count). The third-order valence-corrected chi connectivity index (χ3v) is 2.72. The number of allylic oxidation sites excluding steroid dienone is 3. The SMILES string of the molecule is CN(C)C(=CC=C1C(=O)CCCC1=O)N(C)C. The van der Waals surface area contributed by atoms with Gasteiger partial charge in [0.25, 0.3) is 0 Å². The van der Waals surface area contributed by atoms with Crippen LogP contribution in [0.4, 0.5) is 0 Å². The van der Waals surface area contributed by atoms with Crippen molar-refractivity contribution in [3.63, 3.8) is 0 Å². The average Bonchev–Trinajstić information content (AvgIpc) is 2.21. The van der Waals surface area contributed by atoms with Crippen LogP contribution < -0.4 is 0 Å². The van der Waals surface area contributed by atoms with Crippen LogP contribution in [0.15, 0.2) is 23.5 Å². The summed E-state index contributed by atoms with van der Waals surface area (Å²) in [6.45, 7) is 0. The van der Waals surface area contributed by atoms with Crippen LogP contribution in [0.25, 0.3) is 0 Å². The monoisotopic (exact) mass is 236 g/mol. The minimum atomic E-state index is -0.0330. The maximum absolute atomic E-state index is 11.6. The molecule has 94 valence electrons. The van der Waals surface area contributed by atoms with Crippen LogP contribution in [0.3, 0.4) is 0 Å². The predicted octanol–water partition coefficient (Wildman–Crippen LogP) is 1.20. The van der Waals surface area contributed by atoms with Crippen molar-refractivity contribution in [2.24, 2.45) is 0 Å². The minimum Gasteiger partial charge on any atom is -0.364 e. The number of nitrogens with zero attached hydrogens (tertiary/aromatic N) is 2. The molecule has 0 unspecified atom stereocenters. The smallest absolute Gasteiger partial charge is 0.166 e. The Labute approximate surface area is 103 Å². The summed E-state index contributed by atoms with van der Waals surface area (Å²) in [5.41, 5.74) is 0.345. The second kappa shape index (κ2) is 5.66. The van der Waals surface area contributed by atoms with Crippen LogP contribution in [-0.4, -0.2) is 49.6 Å². The lowest BCUT2D eigenvalue weighted by atomic mass is 9.92. The van der Waals surface area contributed by atoms with Gasteiger partial charge < -0.3 is 9.80 Å². The van der Waals surface area contributed by atoms with Crippen LogP contribution in [0.2, 0.25) is 0 Å². The minimum absolute atomic E-state index is 0.0330. The van der Waals surface area contributed by atoms with E-state index in [9.17, 15) is 9.59 Å². The Hall–Kier alpha value is -1.58. The lowest BCUT2D eigenvalue weighted by molar-refractivity contribution is -0.123. The molecular formula is C13H20N2O2. The van der Waals surface area contributed by atoms with Crippen molar-refractivity contribution in [1.29, 1.82) is 0 Å². The molecule has 0 aromatic carbocycles. The predicted molar refractivity (Wildman–Crippen MR) is 67.4 cm³/mol. The lowest BCUT2D eigenvalue weighted by Gasteiger charge is -2.24. The van der Waals surface area contributed by atoms with Gasteiger partial charge in [-0.2, -0.15) is 0 Å². The van der Waals surface area contributed by atoms with Crippen molar-refractivity contribution in [2.75, 3.05) is 28.2 Å². The van der Waals surface area contributed by atoms with Gasteiger partial charge in [-0.25, -0.2) is 0 Å². The van der Waals surface area contributed by atoms with Crippen LogP contribution in [0.1, 0.15) is 19.3 Å². The van der Waals surface area contributed by atoms with E-state index in [4.69, 9.17) is 0 Å². The van der Waals surface area contributed by atoms with Crippen molar-refractivity contribution >= 4 is 11.6 Å². The first-order chi connectivity index (χ1) is 7.93. The Bertz CT molecular complexity index is 351. The molecule has 4 heteroatoms. The average molecular weight is 236 g/mol. The van der Waals surface area contributed by atoms with E-state index in [0.29, 0.717) is 24.8 Å². The van der Waals surface area contributed by atoms with E-state index in [1.54, 1.807) is 6.08 Å². The van der Waals surface area contributed by atoms with Gasteiger partial charge >= 0.3 is 0 Å². The number of carbonyl (C=O) groups excluding carboxylic acids is 2. The van der Waals surface area contributed by atoms with E-state index in [2.05, 4.69) is 0 Å². The molecule has 0 amide bonds. The standard InChI is InChI=1S/C13H20N2O2/c1-14(2)13(15(3)4)9-8-10-11(16)6-5-7-12(10)17/h8-9H,5-7H2,1-4H3. The number of ketones is 2. The zero-order valence-corrected chi connectivity index (χ0v) is 11.0. The van der Waals surface area contributed by atoms with Crippen LogP contribution in [0.5, 0.6) is 0 Å². The summed E-state index contributed by atoms with van der Waals surface area (Å²) in [6.07, 6.45) is 5.14. The third-order valence-electron chi connectivity index (χ3n) is 2.72. The summed E-state index contributed by atoms with van der Waals surface area (Å²) in [6, 6.07) is 0. The van der Waals surface area contributed by atoms with E-state index in [1.807, 2.05) is 44.1 Å². The molecule has 0 aromatic rings. The normalized spacial score (nSPS) is 15.6. The van der Waals surface area contributed by atoms with Crippen molar-refractivity contribution in [2.45, 2.75) is 19.3 Å². The molecule has 0 N–H and O–H groups in total. The summed E-state index contributed by atoms with van der Waals surface area (Å²) in [4.78, 5) is 27.1. The van der Waals surface area contributed by atoms with Gasteiger partial charge in [0.15, 0.2) is 11.6 Å². The molecule has 17 heavy (non-hydrogen) atoms. The second-order valence-electron chi connectivity index (χ2n) is 4.59. The lowest BCUT2D eigenvalue weighted by Crippen LogP contribution is -2.24. The number of hydrogen-bond donors (Lipinski definition) is 0. The summed E-state index contributed by atoms with van der Waals surface area (Å²) in [7, 11) is 7.70. The highest BCUT2D eigenvalue weighted by molar-refractivity contribution is 6.21. The Morgan fingerprint density at radius 3 is 1.88 bits per heavy atom. The van der Waals surface area contributed by atoms with Crippen LogP contribution in [0, 0.1) is 0 Å². The van der Waals surface area contributed by atoms with Gasteiger partial charge in [-0.3, -0.25) is 9.59 Å². The van der Waals surface area contributed by atoms with Gasteiger partial charge in [0.1, 0.15) is 5.82 Å². The topological polar surface area (TPSA) is 40.6 Å². The molecule has 0 atom stereocenters. The molecule has 0 aromatic heterocycles. The zero-order chi connectivity index (χ0) is 13.0. The molecule has 1 aliphatic rings. The van der Waals surface area contributed by atoms with Gasteiger partial charge in [-0.05, 0) is 18.6 Å². The van der Waals surface area contributed by atoms with E-state index in [-0.39, 0.29) is 11.6 Å². The first kappa shape index (κ1) is 13.5.